The number of methoxy groups -OCH3 is 2. The summed E-state index contributed by atoms with van der Waals surface area (Å²) in [5, 5.41) is 13.2. The van der Waals surface area contributed by atoms with Crippen LogP contribution in [0.4, 0.5) is 0 Å². The monoisotopic (exact) mass is 353 g/mol. The largest absolute Gasteiger partial charge is 0.497 e. The summed E-state index contributed by atoms with van der Waals surface area (Å²) in [6.07, 6.45) is 2.82. The summed E-state index contributed by atoms with van der Waals surface area (Å²) in [4.78, 5) is 11.9. The Morgan fingerprint density at radius 2 is 1.96 bits per heavy atom. The lowest BCUT2D eigenvalue weighted by Crippen LogP contribution is -2.25. The van der Waals surface area contributed by atoms with Crippen molar-refractivity contribution in [2.24, 2.45) is 0 Å². The van der Waals surface area contributed by atoms with Crippen LogP contribution in [0.1, 0.15) is 50.7 Å². The minimum absolute atomic E-state index is 0.0694. The third-order valence-corrected chi connectivity index (χ3v) is 3.87. The highest BCUT2D eigenvalue weighted by Crippen LogP contribution is 2.31. The molecule has 0 aliphatic carbocycles. The lowest BCUT2D eigenvalue weighted by molar-refractivity contribution is -0.121. The zero-order valence-electron chi connectivity index (χ0n) is 15.5. The topological polar surface area (TPSA) is 77.0 Å². The van der Waals surface area contributed by atoms with E-state index < -0.39 is 6.10 Å². The maximum atomic E-state index is 11.9. The first-order valence-electron chi connectivity index (χ1n) is 8.86. The van der Waals surface area contributed by atoms with Crippen LogP contribution in [0, 0.1) is 0 Å². The number of ether oxygens (including phenoxy) is 3. The molecule has 0 bridgehead atoms. The van der Waals surface area contributed by atoms with E-state index in [1.54, 1.807) is 32.4 Å². The molecule has 0 aliphatic rings. The molecule has 0 radical (unpaired) electrons. The van der Waals surface area contributed by atoms with Gasteiger partial charge in [-0.3, -0.25) is 4.79 Å². The Kier molecular flexibility index (Phi) is 10.7. The molecule has 6 heteroatoms. The number of unbranched alkanes of at least 4 members (excludes halogenated alkanes) is 1. The second-order valence-electron chi connectivity index (χ2n) is 5.83. The van der Waals surface area contributed by atoms with Crippen molar-refractivity contribution in [3.63, 3.8) is 0 Å². The molecular weight excluding hydrogens is 322 g/mol. The highest BCUT2D eigenvalue weighted by molar-refractivity contribution is 5.75. The minimum Gasteiger partial charge on any atom is -0.497 e. The summed E-state index contributed by atoms with van der Waals surface area (Å²) in [6.45, 7) is 4.15. The van der Waals surface area contributed by atoms with E-state index in [0.717, 1.165) is 25.9 Å². The third kappa shape index (κ3) is 8.23. The number of aliphatic hydroxyl groups excluding tert-OH is 1. The van der Waals surface area contributed by atoms with Crippen LogP contribution in [0.3, 0.4) is 0 Å². The van der Waals surface area contributed by atoms with Crippen molar-refractivity contribution in [2.45, 2.75) is 45.1 Å². The van der Waals surface area contributed by atoms with Gasteiger partial charge in [0.15, 0.2) is 0 Å². The first kappa shape index (κ1) is 21.3. The third-order valence-electron chi connectivity index (χ3n) is 3.87. The fraction of sp³-hybridized carbons (Fsp3) is 0.632. The maximum Gasteiger partial charge on any atom is 0.220 e. The Hall–Kier alpha value is -1.79. The summed E-state index contributed by atoms with van der Waals surface area (Å²) in [5.74, 6) is 1.14. The lowest BCUT2D eigenvalue weighted by Gasteiger charge is -2.15. The van der Waals surface area contributed by atoms with Crippen molar-refractivity contribution in [2.75, 3.05) is 34.0 Å². The Balaban J connectivity index is 2.29. The Morgan fingerprint density at radius 3 is 2.64 bits per heavy atom. The van der Waals surface area contributed by atoms with Crippen LogP contribution in [-0.4, -0.2) is 45.0 Å². The van der Waals surface area contributed by atoms with Crippen LogP contribution in [0.25, 0.3) is 0 Å². The average molecular weight is 353 g/mol. The normalized spacial score (nSPS) is 11.8. The van der Waals surface area contributed by atoms with Crippen molar-refractivity contribution >= 4 is 5.91 Å². The van der Waals surface area contributed by atoms with E-state index in [1.807, 2.05) is 0 Å². The molecule has 1 rings (SSSR count). The number of rotatable bonds is 13. The van der Waals surface area contributed by atoms with E-state index >= 15 is 0 Å². The molecule has 0 aromatic heterocycles. The smallest absolute Gasteiger partial charge is 0.220 e. The number of amides is 1. The van der Waals surface area contributed by atoms with Gasteiger partial charge in [0.2, 0.25) is 5.91 Å². The standard InChI is InChI=1S/C19H31NO5/c1-4-5-12-25-13-6-11-20-19(22)10-9-17(21)16-8-7-15(23-2)14-18(16)24-3/h7-8,14,17,21H,4-6,9-13H2,1-3H3,(H,20,22). The van der Waals surface area contributed by atoms with E-state index in [9.17, 15) is 9.90 Å². The molecule has 0 spiro atoms. The summed E-state index contributed by atoms with van der Waals surface area (Å²) < 4.78 is 15.9. The molecular formula is C19H31NO5. The van der Waals surface area contributed by atoms with Gasteiger partial charge in [-0.15, -0.1) is 0 Å². The second-order valence-corrected chi connectivity index (χ2v) is 5.83. The van der Waals surface area contributed by atoms with E-state index in [0.29, 0.717) is 36.6 Å². The van der Waals surface area contributed by atoms with E-state index in [4.69, 9.17) is 14.2 Å². The molecule has 0 heterocycles. The Bertz CT molecular complexity index is 507. The zero-order valence-corrected chi connectivity index (χ0v) is 15.5. The van der Waals surface area contributed by atoms with Gasteiger partial charge in [-0.25, -0.2) is 0 Å². The van der Waals surface area contributed by atoms with Crippen LogP contribution < -0.4 is 14.8 Å². The van der Waals surface area contributed by atoms with Gasteiger partial charge in [0.1, 0.15) is 11.5 Å². The van der Waals surface area contributed by atoms with Crippen molar-refractivity contribution < 1.29 is 24.1 Å². The lowest BCUT2D eigenvalue weighted by atomic mass is 10.0. The van der Waals surface area contributed by atoms with Crippen molar-refractivity contribution in [1.29, 1.82) is 0 Å². The van der Waals surface area contributed by atoms with Gasteiger partial charge in [-0.1, -0.05) is 13.3 Å². The number of nitrogens with one attached hydrogen (secondary N) is 1. The molecule has 0 saturated heterocycles. The molecule has 0 fully saturated rings. The molecule has 1 unspecified atom stereocenters. The van der Waals surface area contributed by atoms with Crippen molar-refractivity contribution in [3.8, 4) is 11.5 Å². The molecule has 6 nitrogen and oxygen atoms in total. The van der Waals surface area contributed by atoms with Crippen molar-refractivity contribution in [3.05, 3.63) is 23.8 Å². The summed E-state index contributed by atoms with van der Waals surface area (Å²) in [6, 6.07) is 5.24. The first-order chi connectivity index (χ1) is 12.1. The molecule has 25 heavy (non-hydrogen) atoms. The number of hydrogen-bond acceptors (Lipinski definition) is 5. The Labute approximate surface area is 150 Å². The zero-order chi connectivity index (χ0) is 18.5. The molecule has 1 aromatic carbocycles. The minimum atomic E-state index is -0.760. The van der Waals surface area contributed by atoms with Gasteiger partial charge in [0.25, 0.3) is 0 Å². The molecule has 1 aromatic rings. The van der Waals surface area contributed by atoms with Gasteiger partial charge in [0.05, 0.1) is 20.3 Å². The first-order valence-corrected chi connectivity index (χ1v) is 8.86. The van der Waals surface area contributed by atoms with E-state index in [1.165, 1.54) is 0 Å². The van der Waals surface area contributed by atoms with Gasteiger partial charge in [-0.05, 0) is 31.4 Å². The number of benzene rings is 1. The average Bonchev–Trinajstić information content (AvgIpc) is 2.64. The fourth-order valence-electron chi connectivity index (χ4n) is 2.36. The predicted octanol–water partition coefficient (Wildman–Crippen LogP) is 2.84. The number of hydrogen-bond donors (Lipinski definition) is 2. The molecule has 1 atom stereocenters. The molecule has 2 N–H and O–H groups in total. The van der Waals surface area contributed by atoms with Crippen LogP contribution in [-0.2, 0) is 9.53 Å². The quantitative estimate of drug-likeness (QED) is 0.533. The van der Waals surface area contributed by atoms with Gasteiger partial charge in [0, 0.05) is 37.8 Å². The van der Waals surface area contributed by atoms with Crippen LogP contribution in [0.15, 0.2) is 18.2 Å². The van der Waals surface area contributed by atoms with Gasteiger partial charge < -0.3 is 24.6 Å². The number of carbonyl (C=O) groups excluding carboxylic acids is 1. The molecule has 0 aliphatic heterocycles. The van der Waals surface area contributed by atoms with Crippen molar-refractivity contribution in [1.82, 2.24) is 5.32 Å². The highest BCUT2D eigenvalue weighted by atomic mass is 16.5. The summed E-state index contributed by atoms with van der Waals surface area (Å²) in [5.41, 5.74) is 0.653. The van der Waals surface area contributed by atoms with Crippen LogP contribution >= 0.6 is 0 Å². The fourth-order valence-corrected chi connectivity index (χ4v) is 2.36. The van der Waals surface area contributed by atoms with Crippen LogP contribution in [0.2, 0.25) is 0 Å². The summed E-state index contributed by atoms with van der Waals surface area (Å²) >= 11 is 0. The summed E-state index contributed by atoms with van der Waals surface area (Å²) in [7, 11) is 3.12. The SMILES string of the molecule is CCCCOCCCNC(=O)CCC(O)c1ccc(OC)cc1OC. The second kappa shape index (κ2) is 12.6. The van der Waals surface area contributed by atoms with Crippen LogP contribution in [0.5, 0.6) is 11.5 Å². The van der Waals surface area contributed by atoms with E-state index in [-0.39, 0.29) is 12.3 Å². The van der Waals surface area contributed by atoms with Gasteiger partial charge >= 0.3 is 0 Å². The molecule has 0 saturated carbocycles. The van der Waals surface area contributed by atoms with Gasteiger partial charge in [-0.2, -0.15) is 0 Å². The molecule has 1 amide bonds. The maximum absolute atomic E-state index is 11.9. The highest BCUT2D eigenvalue weighted by Gasteiger charge is 2.15. The number of aliphatic hydroxyl groups is 1. The Morgan fingerprint density at radius 1 is 1.20 bits per heavy atom. The predicted molar refractivity (Wildman–Crippen MR) is 97.1 cm³/mol. The number of carbonyl (C=O) groups is 1. The molecule has 142 valence electrons. The van der Waals surface area contributed by atoms with E-state index in [2.05, 4.69) is 12.2 Å².